The first kappa shape index (κ1) is 18.2. The van der Waals surface area contributed by atoms with Gasteiger partial charge in [0, 0.05) is 35.6 Å². The molecule has 0 spiro atoms. The number of hydrogen-bond donors (Lipinski definition) is 1. The molecule has 0 unspecified atom stereocenters. The molecule has 1 amide bonds. The second-order valence-electron chi connectivity index (χ2n) is 7.82. The molecular formula is C23H14F3N2O3. The molecule has 5 nitrogen and oxygen atoms in total. The van der Waals surface area contributed by atoms with Gasteiger partial charge in [-0.15, -0.1) is 0 Å². The maximum atomic E-state index is 14.2. The Hall–Kier alpha value is -3.55. The van der Waals surface area contributed by atoms with Crippen LogP contribution in [-0.4, -0.2) is 17.0 Å². The van der Waals surface area contributed by atoms with Gasteiger partial charge in [-0.3, -0.25) is 4.79 Å². The average Bonchev–Trinajstić information content (AvgIpc) is 3.32. The van der Waals surface area contributed by atoms with Crippen molar-refractivity contribution in [2.45, 2.75) is 30.8 Å². The Morgan fingerprint density at radius 2 is 1.90 bits per heavy atom. The fraction of sp³-hybridized carbons (Fsp3) is 0.217. The Labute approximate surface area is 174 Å². The van der Waals surface area contributed by atoms with Crippen LogP contribution in [0.25, 0.3) is 0 Å². The van der Waals surface area contributed by atoms with Gasteiger partial charge in [0.25, 0.3) is 0 Å². The zero-order valence-corrected chi connectivity index (χ0v) is 15.9. The van der Waals surface area contributed by atoms with E-state index in [0.717, 1.165) is 17.2 Å². The highest BCUT2D eigenvalue weighted by Crippen LogP contribution is 2.64. The van der Waals surface area contributed by atoms with Gasteiger partial charge < -0.3 is 14.8 Å². The van der Waals surface area contributed by atoms with Crippen LogP contribution in [0.15, 0.2) is 36.5 Å². The van der Waals surface area contributed by atoms with Crippen molar-refractivity contribution in [3.05, 3.63) is 76.7 Å². The highest BCUT2D eigenvalue weighted by atomic mass is 19.2. The van der Waals surface area contributed by atoms with Crippen molar-refractivity contribution >= 4 is 11.7 Å². The fourth-order valence-electron chi connectivity index (χ4n) is 4.49. The summed E-state index contributed by atoms with van der Waals surface area (Å²) >= 11 is 0. The van der Waals surface area contributed by atoms with Gasteiger partial charge in [-0.1, -0.05) is 0 Å². The zero-order chi connectivity index (χ0) is 21.3. The van der Waals surface area contributed by atoms with Crippen LogP contribution in [0.3, 0.4) is 0 Å². The molecule has 2 aliphatic heterocycles. The molecule has 3 atom stereocenters. The quantitative estimate of drug-likeness (QED) is 0.625. The predicted molar refractivity (Wildman–Crippen MR) is 103 cm³/mol. The number of pyridine rings is 1. The minimum atomic E-state index is -1.33. The first-order valence-electron chi connectivity index (χ1n) is 9.82. The number of anilines is 1. The summed E-state index contributed by atoms with van der Waals surface area (Å²) in [5, 5.41) is 2.73. The van der Waals surface area contributed by atoms with Crippen LogP contribution in [0.5, 0.6) is 17.2 Å². The smallest absolute Gasteiger partial charge is 0.225 e. The van der Waals surface area contributed by atoms with Gasteiger partial charge in [0.05, 0.1) is 6.07 Å². The molecule has 1 fully saturated rings. The third-order valence-electron chi connectivity index (χ3n) is 5.98. The molecule has 1 aliphatic carbocycles. The van der Waals surface area contributed by atoms with E-state index in [0.29, 0.717) is 35.9 Å². The van der Waals surface area contributed by atoms with Gasteiger partial charge in [0.2, 0.25) is 5.91 Å². The number of nitrogens with one attached hydrogen (secondary N) is 1. The summed E-state index contributed by atoms with van der Waals surface area (Å²) in [4.78, 5) is 15.8. The van der Waals surface area contributed by atoms with Gasteiger partial charge in [-0.2, -0.15) is 0 Å². The molecule has 6 rings (SSSR count). The summed E-state index contributed by atoms with van der Waals surface area (Å²) in [7, 11) is 0. The molecule has 0 bridgehead atoms. The van der Waals surface area contributed by atoms with Crippen LogP contribution in [0.4, 0.5) is 19.0 Å². The van der Waals surface area contributed by atoms with Crippen LogP contribution in [0.2, 0.25) is 0 Å². The van der Waals surface area contributed by atoms with Gasteiger partial charge in [0.15, 0.2) is 11.6 Å². The summed E-state index contributed by atoms with van der Waals surface area (Å²) < 4.78 is 53.0. The third-order valence-corrected chi connectivity index (χ3v) is 5.98. The lowest BCUT2D eigenvalue weighted by Crippen LogP contribution is -2.20. The number of amides is 1. The lowest BCUT2D eigenvalue weighted by atomic mass is 10.0. The van der Waals surface area contributed by atoms with E-state index in [1.807, 2.05) is 6.07 Å². The number of nitrogens with zero attached hydrogens (tertiary/aromatic N) is 1. The third kappa shape index (κ3) is 2.85. The predicted octanol–water partition coefficient (Wildman–Crippen LogP) is 4.62. The lowest BCUT2D eigenvalue weighted by Gasteiger charge is -2.19. The van der Waals surface area contributed by atoms with Crippen LogP contribution < -0.4 is 14.8 Å². The Kier molecular flexibility index (Phi) is 3.81. The summed E-state index contributed by atoms with van der Waals surface area (Å²) in [6, 6.07) is 9.76. The van der Waals surface area contributed by atoms with E-state index in [1.54, 1.807) is 30.5 Å². The Balaban J connectivity index is 1.29. The molecule has 0 saturated heterocycles. The van der Waals surface area contributed by atoms with Crippen molar-refractivity contribution in [2.24, 2.45) is 0 Å². The Morgan fingerprint density at radius 1 is 1.06 bits per heavy atom. The van der Waals surface area contributed by atoms with Crippen LogP contribution in [0.1, 0.15) is 34.9 Å². The summed E-state index contributed by atoms with van der Waals surface area (Å²) in [6.07, 6.45) is 2.11. The van der Waals surface area contributed by atoms with Crippen LogP contribution >= 0.6 is 0 Å². The van der Waals surface area contributed by atoms with Crippen molar-refractivity contribution in [3.63, 3.8) is 0 Å². The van der Waals surface area contributed by atoms with Crippen molar-refractivity contribution < 1.29 is 27.4 Å². The minimum absolute atomic E-state index is 0.0600. The van der Waals surface area contributed by atoms with E-state index >= 15 is 0 Å². The van der Waals surface area contributed by atoms with Crippen LogP contribution in [-0.2, 0) is 11.2 Å². The standard InChI is InChI=1S/C23H14F3N2O3/c24-14-9-16(26)15(25)8-12(14)20-21-13-7-10(1-3-17(13)31-22(20)21)30-18-5-6-27-23-11(18)2-4-19(29)28-23/h1,3,5-8,20-22H,2,4H2,(H,27,28,29)/t20-,21-,22-/m1/s1. The molecular weight excluding hydrogens is 409 g/mol. The molecule has 3 heterocycles. The van der Waals surface area contributed by atoms with Gasteiger partial charge in [-0.25, -0.2) is 18.2 Å². The van der Waals surface area contributed by atoms with E-state index in [-0.39, 0.29) is 23.5 Å². The Morgan fingerprint density at radius 3 is 2.77 bits per heavy atom. The van der Waals surface area contributed by atoms with Crippen LogP contribution in [0, 0.1) is 23.5 Å². The molecule has 3 aromatic rings. The maximum absolute atomic E-state index is 14.2. The summed E-state index contributed by atoms with van der Waals surface area (Å²) in [6.45, 7) is 0. The Bertz CT molecular complexity index is 1260. The number of fused-ring (bicyclic) bond motifs is 4. The molecule has 3 aliphatic rings. The number of aromatic nitrogens is 1. The topological polar surface area (TPSA) is 60.5 Å². The second-order valence-corrected chi connectivity index (χ2v) is 7.82. The van der Waals surface area contributed by atoms with E-state index < -0.39 is 23.4 Å². The number of ether oxygens (including phenoxy) is 2. The number of hydrogen-bond acceptors (Lipinski definition) is 4. The number of rotatable bonds is 3. The normalized spacial score (nSPS) is 22.7. The van der Waals surface area contributed by atoms with E-state index in [2.05, 4.69) is 10.3 Å². The molecule has 2 aromatic carbocycles. The molecule has 1 aromatic heterocycles. The molecule has 155 valence electrons. The first-order chi connectivity index (χ1) is 15.0. The first-order valence-corrected chi connectivity index (χ1v) is 9.82. The highest BCUT2D eigenvalue weighted by molar-refractivity contribution is 5.93. The zero-order valence-electron chi connectivity index (χ0n) is 15.9. The van der Waals surface area contributed by atoms with E-state index in [9.17, 15) is 18.0 Å². The molecule has 1 N–H and O–H groups in total. The molecule has 1 saturated carbocycles. The number of benzene rings is 2. The largest absolute Gasteiger partial charge is 0.489 e. The van der Waals surface area contributed by atoms with Gasteiger partial charge in [-0.05, 0) is 42.3 Å². The van der Waals surface area contributed by atoms with E-state index in [4.69, 9.17) is 9.47 Å². The molecule has 1 radical (unpaired) electrons. The second kappa shape index (κ2) is 6.47. The van der Waals surface area contributed by atoms with Gasteiger partial charge in [0.1, 0.15) is 35.0 Å². The number of carbonyl (C=O) groups excluding carboxylic acids is 1. The fourth-order valence-corrected chi connectivity index (χ4v) is 4.49. The lowest BCUT2D eigenvalue weighted by molar-refractivity contribution is -0.116. The van der Waals surface area contributed by atoms with Gasteiger partial charge >= 0.3 is 0 Å². The molecule has 8 heteroatoms. The summed E-state index contributed by atoms with van der Waals surface area (Å²) in [5.74, 6) is -1.73. The van der Waals surface area contributed by atoms with Crippen molar-refractivity contribution in [1.29, 1.82) is 0 Å². The number of halogens is 3. The highest BCUT2D eigenvalue weighted by Gasteiger charge is 2.60. The SMILES string of the molecule is O=C1CCc2c(Oc3ccc4c(c3)[C@H]3[C@H](O4)[C@@H]3c3cc(F)c(F)[c]c3F)ccnc2N1. The maximum Gasteiger partial charge on any atom is 0.225 e. The average molecular weight is 423 g/mol. The van der Waals surface area contributed by atoms with Crippen molar-refractivity contribution in [1.82, 2.24) is 4.98 Å². The monoisotopic (exact) mass is 423 g/mol. The minimum Gasteiger partial charge on any atom is -0.489 e. The molecule has 31 heavy (non-hydrogen) atoms. The van der Waals surface area contributed by atoms with Crippen molar-refractivity contribution in [3.8, 4) is 17.2 Å². The summed E-state index contributed by atoms with van der Waals surface area (Å²) in [5.41, 5.74) is 1.71. The number of carbonyl (C=O) groups is 1. The van der Waals surface area contributed by atoms with E-state index in [1.165, 1.54) is 0 Å². The van der Waals surface area contributed by atoms with Crippen molar-refractivity contribution in [2.75, 3.05) is 5.32 Å².